The predicted octanol–water partition coefficient (Wildman–Crippen LogP) is 4.05. The van der Waals surface area contributed by atoms with Crippen molar-refractivity contribution >= 4 is 23.0 Å². The van der Waals surface area contributed by atoms with Gasteiger partial charge in [0.05, 0.1) is 6.61 Å². The summed E-state index contributed by atoms with van der Waals surface area (Å²) in [5, 5.41) is 4.17. The molecule has 0 aliphatic carbocycles. The lowest BCUT2D eigenvalue weighted by Gasteiger charge is -2.40. The molecule has 1 N–H and O–H groups in total. The molecule has 20 heavy (non-hydrogen) atoms. The molecule has 110 valence electrons. The number of benzene rings is 1. The lowest BCUT2D eigenvalue weighted by atomic mass is 9.98. The Morgan fingerprint density at radius 3 is 2.40 bits per heavy atom. The van der Waals surface area contributed by atoms with Crippen LogP contribution >= 0.6 is 12.2 Å². The average Bonchev–Trinajstić information content (AvgIpc) is 2.41. The molecule has 1 aliphatic rings. The average molecular weight is 292 g/mol. The lowest BCUT2D eigenvalue weighted by molar-refractivity contribution is 0.194. The van der Waals surface area contributed by atoms with Crippen LogP contribution in [0.1, 0.15) is 40.0 Å². The molecule has 1 saturated heterocycles. The van der Waals surface area contributed by atoms with Crippen molar-refractivity contribution in [1.82, 2.24) is 4.90 Å². The highest BCUT2D eigenvalue weighted by atomic mass is 32.1. The van der Waals surface area contributed by atoms with Gasteiger partial charge in [0.15, 0.2) is 5.11 Å². The molecule has 0 spiro atoms. The molecule has 1 heterocycles. The summed E-state index contributed by atoms with van der Waals surface area (Å²) in [6.45, 7) is 7.18. The number of ether oxygens (including phenoxy) is 1. The van der Waals surface area contributed by atoms with Gasteiger partial charge in [-0.2, -0.15) is 0 Å². The number of nitrogens with zero attached hydrogens (tertiary/aromatic N) is 1. The Morgan fingerprint density at radius 2 is 1.85 bits per heavy atom. The van der Waals surface area contributed by atoms with Crippen molar-refractivity contribution < 1.29 is 4.74 Å². The maximum absolute atomic E-state index is 5.58. The van der Waals surface area contributed by atoms with E-state index in [9.17, 15) is 0 Å². The largest absolute Gasteiger partial charge is 0.494 e. The molecule has 0 unspecified atom stereocenters. The van der Waals surface area contributed by atoms with Gasteiger partial charge in [-0.25, -0.2) is 0 Å². The van der Waals surface area contributed by atoms with E-state index in [-0.39, 0.29) is 0 Å². The SMILES string of the molecule is CCOc1ccc(NC(=S)N2[C@H](C)CCC[C@H]2C)cc1. The molecular formula is C16H24N2OS. The molecule has 1 aromatic rings. The van der Waals surface area contributed by atoms with Crippen LogP contribution in [0.3, 0.4) is 0 Å². The number of piperidine rings is 1. The fourth-order valence-corrected chi connectivity index (χ4v) is 3.29. The predicted molar refractivity (Wildman–Crippen MR) is 88.4 cm³/mol. The minimum absolute atomic E-state index is 0.515. The van der Waals surface area contributed by atoms with E-state index in [1.54, 1.807) is 0 Å². The molecular weight excluding hydrogens is 268 g/mol. The zero-order chi connectivity index (χ0) is 14.5. The highest BCUT2D eigenvalue weighted by molar-refractivity contribution is 7.80. The van der Waals surface area contributed by atoms with Crippen LogP contribution < -0.4 is 10.1 Å². The Morgan fingerprint density at radius 1 is 1.25 bits per heavy atom. The summed E-state index contributed by atoms with van der Waals surface area (Å²) in [5.41, 5.74) is 1.02. The fourth-order valence-electron chi connectivity index (χ4n) is 2.81. The fraction of sp³-hybridized carbons (Fsp3) is 0.562. The second-order valence-electron chi connectivity index (χ2n) is 5.42. The van der Waals surface area contributed by atoms with Crippen molar-refractivity contribution in [2.45, 2.75) is 52.1 Å². The quantitative estimate of drug-likeness (QED) is 0.850. The first-order valence-corrected chi connectivity index (χ1v) is 7.84. The normalized spacial score (nSPS) is 22.4. The van der Waals surface area contributed by atoms with Crippen LogP contribution in [-0.2, 0) is 0 Å². The standard InChI is InChI=1S/C16H24N2OS/c1-4-19-15-10-8-14(9-11-15)17-16(20)18-12(2)6-5-7-13(18)3/h8-13H,4-7H2,1-3H3,(H,17,20)/t12-,13-/m1/s1. The third-order valence-electron chi connectivity index (χ3n) is 3.84. The molecule has 0 bridgehead atoms. The molecule has 1 aliphatic heterocycles. The van der Waals surface area contributed by atoms with Gasteiger partial charge in [0, 0.05) is 17.8 Å². The van der Waals surface area contributed by atoms with Gasteiger partial charge in [0.2, 0.25) is 0 Å². The van der Waals surface area contributed by atoms with Gasteiger partial charge in [0.25, 0.3) is 0 Å². The zero-order valence-corrected chi connectivity index (χ0v) is 13.4. The highest BCUT2D eigenvalue weighted by Gasteiger charge is 2.26. The Labute approximate surface area is 127 Å². The van der Waals surface area contributed by atoms with E-state index in [0.29, 0.717) is 18.7 Å². The molecule has 0 saturated carbocycles. The Kier molecular flexibility index (Phi) is 5.24. The summed E-state index contributed by atoms with van der Waals surface area (Å²) < 4.78 is 5.45. The number of rotatable bonds is 3. The first kappa shape index (κ1) is 15.1. The highest BCUT2D eigenvalue weighted by Crippen LogP contribution is 2.24. The van der Waals surface area contributed by atoms with Crippen molar-refractivity contribution in [2.24, 2.45) is 0 Å². The minimum atomic E-state index is 0.515. The molecule has 2 atom stereocenters. The third kappa shape index (κ3) is 3.63. The lowest BCUT2D eigenvalue weighted by Crippen LogP contribution is -2.49. The number of anilines is 1. The van der Waals surface area contributed by atoms with E-state index >= 15 is 0 Å². The van der Waals surface area contributed by atoms with Crippen molar-refractivity contribution in [1.29, 1.82) is 0 Å². The van der Waals surface area contributed by atoms with Crippen LogP contribution in [0.15, 0.2) is 24.3 Å². The number of thiocarbonyl (C=S) groups is 1. The first-order chi connectivity index (χ1) is 9.61. The van der Waals surface area contributed by atoms with Gasteiger partial charge in [-0.15, -0.1) is 0 Å². The van der Waals surface area contributed by atoms with Gasteiger partial charge >= 0.3 is 0 Å². The van der Waals surface area contributed by atoms with Crippen molar-refractivity contribution in [2.75, 3.05) is 11.9 Å². The summed E-state index contributed by atoms with van der Waals surface area (Å²) in [7, 11) is 0. The van der Waals surface area contributed by atoms with Gasteiger partial charge in [-0.1, -0.05) is 0 Å². The smallest absolute Gasteiger partial charge is 0.173 e. The molecule has 0 amide bonds. The number of likely N-dealkylation sites (tertiary alicyclic amines) is 1. The maximum atomic E-state index is 5.58. The second-order valence-corrected chi connectivity index (χ2v) is 5.81. The van der Waals surface area contributed by atoms with Gasteiger partial charge < -0.3 is 15.0 Å². The minimum Gasteiger partial charge on any atom is -0.494 e. The molecule has 0 aromatic heterocycles. The van der Waals surface area contributed by atoms with Crippen LogP contribution in [0.25, 0.3) is 0 Å². The monoisotopic (exact) mass is 292 g/mol. The van der Waals surface area contributed by atoms with E-state index in [1.165, 1.54) is 19.3 Å². The van der Waals surface area contributed by atoms with Crippen LogP contribution in [-0.4, -0.2) is 28.7 Å². The summed E-state index contributed by atoms with van der Waals surface area (Å²) in [4.78, 5) is 2.33. The summed E-state index contributed by atoms with van der Waals surface area (Å²) in [6.07, 6.45) is 3.73. The Hall–Kier alpha value is -1.29. The molecule has 1 aromatic carbocycles. The zero-order valence-electron chi connectivity index (χ0n) is 12.6. The Bertz CT molecular complexity index is 436. The van der Waals surface area contributed by atoms with Crippen LogP contribution in [0, 0.1) is 0 Å². The number of hydrogen-bond donors (Lipinski definition) is 1. The third-order valence-corrected chi connectivity index (χ3v) is 4.16. The molecule has 4 heteroatoms. The van der Waals surface area contributed by atoms with Crippen molar-refractivity contribution in [3.8, 4) is 5.75 Å². The molecule has 2 rings (SSSR count). The van der Waals surface area contributed by atoms with E-state index in [2.05, 4.69) is 24.1 Å². The summed E-state index contributed by atoms with van der Waals surface area (Å²) >= 11 is 5.58. The van der Waals surface area contributed by atoms with Crippen LogP contribution in [0.4, 0.5) is 5.69 Å². The first-order valence-electron chi connectivity index (χ1n) is 7.44. The van der Waals surface area contributed by atoms with Crippen molar-refractivity contribution in [3.63, 3.8) is 0 Å². The van der Waals surface area contributed by atoms with Gasteiger partial charge in [-0.05, 0) is 76.5 Å². The van der Waals surface area contributed by atoms with E-state index in [4.69, 9.17) is 17.0 Å². The van der Waals surface area contributed by atoms with Gasteiger partial charge in [0.1, 0.15) is 5.75 Å². The maximum Gasteiger partial charge on any atom is 0.173 e. The second kappa shape index (κ2) is 6.93. The van der Waals surface area contributed by atoms with Crippen LogP contribution in [0.2, 0.25) is 0 Å². The van der Waals surface area contributed by atoms with Crippen molar-refractivity contribution in [3.05, 3.63) is 24.3 Å². The molecule has 0 radical (unpaired) electrons. The topological polar surface area (TPSA) is 24.5 Å². The number of hydrogen-bond acceptors (Lipinski definition) is 2. The summed E-state index contributed by atoms with van der Waals surface area (Å²) in [6, 6.07) is 8.99. The Balaban J connectivity index is 1.99. The van der Waals surface area contributed by atoms with E-state index in [1.807, 2.05) is 31.2 Å². The number of nitrogens with one attached hydrogen (secondary N) is 1. The van der Waals surface area contributed by atoms with Crippen LogP contribution in [0.5, 0.6) is 5.75 Å². The van der Waals surface area contributed by atoms with E-state index < -0.39 is 0 Å². The molecule has 3 nitrogen and oxygen atoms in total. The molecule has 1 fully saturated rings. The van der Waals surface area contributed by atoms with E-state index in [0.717, 1.165) is 16.5 Å². The summed E-state index contributed by atoms with van der Waals surface area (Å²) in [5.74, 6) is 0.892. The van der Waals surface area contributed by atoms with Gasteiger partial charge in [-0.3, -0.25) is 0 Å².